The molecule has 8 nitrogen and oxygen atoms in total. The number of thiazole rings is 1. The summed E-state index contributed by atoms with van der Waals surface area (Å²) in [6, 6.07) is 15.9. The summed E-state index contributed by atoms with van der Waals surface area (Å²) >= 11 is 14.5. The second kappa shape index (κ2) is 10.4. The third-order valence-electron chi connectivity index (χ3n) is 4.51. The lowest BCUT2D eigenvalue weighted by Crippen LogP contribution is -2.15. The number of para-hydroxylation sites is 2. The van der Waals surface area contributed by atoms with Crippen molar-refractivity contribution in [1.82, 2.24) is 4.98 Å². The van der Waals surface area contributed by atoms with Crippen LogP contribution in [-0.2, 0) is 4.79 Å². The minimum absolute atomic E-state index is 0.0345. The third-order valence-corrected chi connectivity index (χ3v) is 7.41. The van der Waals surface area contributed by atoms with Crippen molar-refractivity contribution >= 4 is 85.4 Å². The highest BCUT2D eigenvalue weighted by Crippen LogP contribution is 2.32. The molecule has 172 valence electrons. The van der Waals surface area contributed by atoms with Crippen LogP contribution in [0.4, 0.5) is 17.1 Å². The standard InChI is InChI=1S/C22H14Cl2N4O4S2/c23-14-7-5-12(9-15(14)24)21(30)25-13-6-8-17-19(10-13)34-22(27-17)33-11-20(29)26-16-3-1-2-4-18(16)28(31)32/h1-10H,11H2,(H,25,30)(H,26,29). The number of aromatic nitrogens is 1. The zero-order valence-corrected chi connectivity index (χ0v) is 20.2. The van der Waals surface area contributed by atoms with Crippen molar-refractivity contribution in [3.05, 3.63) is 86.4 Å². The Labute approximate surface area is 211 Å². The molecule has 0 aliphatic carbocycles. The molecule has 2 amide bonds. The van der Waals surface area contributed by atoms with Gasteiger partial charge in [0, 0.05) is 17.3 Å². The van der Waals surface area contributed by atoms with Gasteiger partial charge < -0.3 is 10.6 Å². The Morgan fingerprint density at radius 1 is 1.03 bits per heavy atom. The summed E-state index contributed by atoms with van der Waals surface area (Å²) in [6.45, 7) is 0. The Hall–Kier alpha value is -3.18. The second-order valence-corrected chi connectivity index (χ2v) is 9.92. The molecule has 0 bridgehead atoms. The smallest absolute Gasteiger partial charge is 0.292 e. The van der Waals surface area contributed by atoms with Crippen LogP contribution in [0.2, 0.25) is 10.0 Å². The van der Waals surface area contributed by atoms with Gasteiger partial charge in [-0.2, -0.15) is 0 Å². The Morgan fingerprint density at radius 3 is 2.59 bits per heavy atom. The highest BCUT2D eigenvalue weighted by molar-refractivity contribution is 8.01. The molecule has 3 aromatic carbocycles. The Morgan fingerprint density at radius 2 is 1.82 bits per heavy atom. The molecule has 0 saturated heterocycles. The summed E-state index contributed by atoms with van der Waals surface area (Å²) in [5, 5.41) is 17.1. The van der Waals surface area contributed by atoms with Crippen LogP contribution >= 0.6 is 46.3 Å². The van der Waals surface area contributed by atoms with E-state index in [0.717, 1.165) is 10.2 Å². The molecule has 0 atom stereocenters. The molecule has 12 heteroatoms. The summed E-state index contributed by atoms with van der Waals surface area (Å²) < 4.78 is 1.48. The number of hydrogen-bond donors (Lipinski definition) is 2. The van der Waals surface area contributed by atoms with Gasteiger partial charge >= 0.3 is 0 Å². The molecular weight excluding hydrogens is 519 g/mol. The van der Waals surface area contributed by atoms with E-state index < -0.39 is 4.92 Å². The summed E-state index contributed by atoms with van der Waals surface area (Å²) in [5.41, 5.74) is 1.65. The molecule has 1 aromatic heterocycles. The molecule has 0 fully saturated rings. The lowest BCUT2D eigenvalue weighted by molar-refractivity contribution is -0.383. The number of carbonyl (C=O) groups excluding carboxylic acids is 2. The Bertz CT molecular complexity index is 1430. The van der Waals surface area contributed by atoms with Gasteiger partial charge in [0.05, 0.1) is 30.9 Å². The van der Waals surface area contributed by atoms with E-state index in [1.54, 1.807) is 36.4 Å². The quantitative estimate of drug-likeness (QED) is 0.159. The van der Waals surface area contributed by atoms with E-state index in [1.807, 2.05) is 0 Å². The first-order valence-electron chi connectivity index (χ1n) is 9.63. The van der Waals surface area contributed by atoms with E-state index in [1.165, 1.54) is 47.4 Å². The molecule has 0 unspecified atom stereocenters. The number of nitrogens with one attached hydrogen (secondary N) is 2. The van der Waals surface area contributed by atoms with Gasteiger partial charge in [-0.1, -0.05) is 47.1 Å². The van der Waals surface area contributed by atoms with Gasteiger partial charge in [0.2, 0.25) is 5.91 Å². The maximum absolute atomic E-state index is 12.5. The van der Waals surface area contributed by atoms with E-state index in [2.05, 4.69) is 15.6 Å². The van der Waals surface area contributed by atoms with Gasteiger partial charge in [-0.15, -0.1) is 11.3 Å². The number of benzene rings is 3. The number of anilines is 2. The molecule has 0 saturated carbocycles. The number of nitro groups is 1. The van der Waals surface area contributed by atoms with Crippen LogP contribution in [0, 0.1) is 10.1 Å². The van der Waals surface area contributed by atoms with Crippen LogP contribution < -0.4 is 10.6 Å². The predicted molar refractivity (Wildman–Crippen MR) is 136 cm³/mol. The topological polar surface area (TPSA) is 114 Å². The molecule has 0 aliphatic rings. The van der Waals surface area contributed by atoms with Crippen molar-refractivity contribution in [2.45, 2.75) is 4.34 Å². The maximum Gasteiger partial charge on any atom is 0.292 e. The number of amides is 2. The molecule has 4 aromatic rings. The van der Waals surface area contributed by atoms with Crippen molar-refractivity contribution in [1.29, 1.82) is 0 Å². The number of nitrogens with zero attached hydrogens (tertiary/aromatic N) is 2. The second-order valence-electron chi connectivity index (χ2n) is 6.86. The predicted octanol–water partition coefficient (Wildman–Crippen LogP) is 6.49. The van der Waals surface area contributed by atoms with E-state index in [0.29, 0.717) is 25.6 Å². The zero-order valence-electron chi connectivity index (χ0n) is 17.1. The molecule has 2 N–H and O–H groups in total. The fourth-order valence-corrected chi connectivity index (χ4v) is 5.14. The van der Waals surface area contributed by atoms with Crippen molar-refractivity contribution in [2.75, 3.05) is 16.4 Å². The average molecular weight is 533 g/mol. The van der Waals surface area contributed by atoms with Crippen LogP contribution in [0.5, 0.6) is 0 Å². The lowest BCUT2D eigenvalue weighted by atomic mass is 10.2. The van der Waals surface area contributed by atoms with Crippen molar-refractivity contribution < 1.29 is 14.5 Å². The highest BCUT2D eigenvalue weighted by atomic mass is 35.5. The van der Waals surface area contributed by atoms with Gasteiger partial charge in [-0.25, -0.2) is 4.98 Å². The summed E-state index contributed by atoms with van der Waals surface area (Å²) in [6.07, 6.45) is 0. The normalized spacial score (nSPS) is 10.8. The van der Waals surface area contributed by atoms with Crippen molar-refractivity contribution in [3.63, 3.8) is 0 Å². The molecule has 34 heavy (non-hydrogen) atoms. The zero-order chi connectivity index (χ0) is 24.2. The number of fused-ring (bicyclic) bond motifs is 1. The minimum Gasteiger partial charge on any atom is -0.322 e. The first kappa shape index (κ1) is 24.0. The van der Waals surface area contributed by atoms with Gasteiger partial charge in [-0.3, -0.25) is 19.7 Å². The number of hydrogen-bond acceptors (Lipinski definition) is 7. The number of nitro benzene ring substituents is 1. The van der Waals surface area contributed by atoms with Crippen molar-refractivity contribution in [3.8, 4) is 0 Å². The van der Waals surface area contributed by atoms with Crippen LogP contribution in [0.1, 0.15) is 10.4 Å². The van der Waals surface area contributed by atoms with Crippen LogP contribution in [0.25, 0.3) is 10.2 Å². The summed E-state index contributed by atoms with van der Waals surface area (Å²) in [4.78, 5) is 39.8. The molecule has 0 radical (unpaired) electrons. The Kier molecular flexibility index (Phi) is 7.32. The number of rotatable bonds is 7. The maximum atomic E-state index is 12.5. The molecule has 0 aliphatic heterocycles. The van der Waals surface area contributed by atoms with Gasteiger partial charge in [-0.05, 0) is 42.5 Å². The van der Waals surface area contributed by atoms with E-state index >= 15 is 0 Å². The largest absolute Gasteiger partial charge is 0.322 e. The summed E-state index contributed by atoms with van der Waals surface area (Å²) in [7, 11) is 0. The monoisotopic (exact) mass is 532 g/mol. The lowest BCUT2D eigenvalue weighted by Gasteiger charge is -2.06. The van der Waals surface area contributed by atoms with Gasteiger partial charge in [0.1, 0.15) is 5.69 Å². The first-order valence-corrected chi connectivity index (χ1v) is 12.2. The fourth-order valence-electron chi connectivity index (χ4n) is 2.94. The molecule has 1 heterocycles. The van der Waals surface area contributed by atoms with E-state index in [-0.39, 0.29) is 28.9 Å². The number of halogens is 2. The summed E-state index contributed by atoms with van der Waals surface area (Å²) in [5.74, 6) is -0.677. The van der Waals surface area contributed by atoms with Crippen LogP contribution in [0.15, 0.2) is 65.0 Å². The molecular formula is C22H14Cl2N4O4S2. The average Bonchev–Trinajstić information content (AvgIpc) is 3.22. The van der Waals surface area contributed by atoms with E-state index in [9.17, 15) is 19.7 Å². The highest BCUT2D eigenvalue weighted by Gasteiger charge is 2.16. The van der Waals surface area contributed by atoms with Gasteiger partial charge in [0.25, 0.3) is 11.6 Å². The number of thioether (sulfide) groups is 1. The third kappa shape index (κ3) is 5.65. The van der Waals surface area contributed by atoms with Crippen LogP contribution in [0.3, 0.4) is 0 Å². The van der Waals surface area contributed by atoms with Gasteiger partial charge in [0.15, 0.2) is 4.34 Å². The molecule has 4 rings (SSSR count). The van der Waals surface area contributed by atoms with Crippen molar-refractivity contribution in [2.24, 2.45) is 0 Å². The Balaban J connectivity index is 1.40. The number of carbonyl (C=O) groups is 2. The first-order chi connectivity index (χ1) is 16.3. The minimum atomic E-state index is -0.547. The van der Waals surface area contributed by atoms with Crippen LogP contribution in [-0.4, -0.2) is 27.5 Å². The SMILES string of the molecule is O=C(CSc1nc2ccc(NC(=O)c3ccc(Cl)c(Cl)c3)cc2s1)Nc1ccccc1[N+](=O)[O-]. The van der Waals surface area contributed by atoms with E-state index in [4.69, 9.17) is 23.2 Å². The fraction of sp³-hybridized carbons (Fsp3) is 0.0455. The molecule has 0 spiro atoms.